The third kappa shape index (κ3) is 5.76. The van der Waals surface area contributed by atoms with Crippen molar-refractivity contribution >= 4 is 56.2 Å². The summed E-state index contributed by atoms with van der Waals surface area (Å²) in [5.41, 5.74) is 1.90. The van der Waals surface area contributed by atoms with Gasteiger partial charge in [0.1, 0.15) is 12.1 Å². The van der Waals surface area contributed by atoms with Crippen LogP contribution in [0.1, 0.15) is 64.4 Å². The molecule has 3 N–H and O–H groups in total. The first-order chi connectivity index (χ1) is 20.1. The zero-order chi connectivity index (χ0) is 29.6. The Labute approximate surface area is 244 Å². The third-order valence-corrected chi connectivity index (χ3v) is 8.63. The summed E-state index contributed by atoms with van der Waals surface area (Å²) in [5.74, 6) is -0.331. The van der Waals surface area contributed by atoms with Gasteiger partial charge in [-0.15, -0.1) is 11.3 Å². The lowest BCUT2D eigenvalue weighted by molar-refractivity contribution is -0.137. The minimum atomic E-state index is -4.60. The van der Waals surface area contributed by atoms with Crippen LogP contribution in [0.4, 0.5) is 36.1 Å². The molecule has 0 bridgehead atoms. The van der Waals surface area contributed by atoms with Crippen molar-refractivity contribution in [2.75, 3.05) is 27.4 Å². The molecular weight excluding hydrogens is 565 g/mol. The number of alkyl halides is 3. The summed E-state index contributed by atoms with van der Waals surface area (Å²) in [6.07, 6.45) is 0.764. The Morgan fingerprint density at radius 2 is 1.83 bits per heavy atom. The van der Waals surface area contributed by atoms with Crippen LogP contribution in [0, 0.1) is 6.92 Å². The van der Waals surface area contributed by atoms with Crippen LogP contribution in [0.25, 0.3) is 10.2 Å². The predicted molar refractivity (Wildman–Crippen MR) is 159 cm³/mol. The van der Waals surface area contributed by atoms with Crippen molar-refractivity contribution in [1.29, 1.82) is 0 Å². The Morgan fingerprint density at radius 3 is 2.55 bits per heavy atom. The van der Waals surface area contributed by atoms with Crippen LogP contribution in [-0.4, -0.2) is 40.4 Å². The van der Waals surface area contributed by atoms with Crippen LogP contribution in [0.5, 0.6) is 0 Å². The minimum Gasteiger partial charge on any atom is -0.369 e. The number of thiophene rings is 1. The Balaban J connectivity index is 1.23. The number of hydrogen-bond acceptors (Lipinski definition) is 7. The second-order valence-corrected chi connectivity index (χ2v) is 11.7. The monoisotopic (exact) mass is 594 g/mol. The van der Waals surface area contributed by atoms with Crippen LogP contribution in [0.15, 0.2) is 48.1 Å². The number of fused-ring (bicyclic) bond motifs is 1. The number of carbonyl (C=O) groups is 2. The van der Waals surface area contributed by atoms with Crippen LogP contribution in [-0.2, 0) is 6.18 Å². The SMILES string of the molecule is Cc1ccc(NC(=O)c2cc(N3CCC[C@H]3C)cc(C(F)(F)F)c2)cc1NC(=O)c1csc2c(NC3CC3)ncnc12. The number of amides is 2. The number of aromatic nitrogens is 2. The number of benzene rings is 2. The van der Waals surface area contributed by atoms with E-state index in [2.05, 4.69) is 25.9 Å². The lowest BCUT2D eigenvalue weighted by Gasteiger charge is -2.25. The van der Waals surface area contributed by atoms with E-state index in [1.165, 1.54) is 23.7 Å². The van der Waals surface area contributed by atoms with Crippen molar-refractivity contribution < 1.29 is 22.8 Å². The highest BCUT2D eigenvalue weighted by Crippen LogP contribution is 2.36. The van der Waals surface area contributed by atoms with Gasteiger partial charge in [0.25, 0.3) is 11.8 Å². The molecule has 2 amide bonds. The first kappa shape index (κ1) is 28.0. The molecule has 8 nitrogen and oxygen atoms in total. The van der Waals surface area contributed by atoms with Crippen molar-refractivity contribution in [2.24, 2.45) is 0 Å². The maximum atomic E-state index is 13.7. The fourth-order valence-corrected chi connectivity index (χ4v) is 6.10. The molecule has 1 atom stereocenters. The van der Waals surface area contributed by atoms with Gasteiger partial charge >= 0.3 is 6.18 Å². The molecule has 1 aliphatic heterocycles. The molecule has 4 aromatic rings. The van der Waals surface area contributed by atoms with Crippen molar-refractivity contribution in [1.82, 2.24) is 9.97 Å². The predicted octanol–water partition coefficient (Wildman–Crippen LogP) is 7.09. The summed E-state index contributed by atoms with van der Waals surface area (Å²) in [5, 5.41) is 10.7. The van der Waals surface area contributed by atoms with Crippen molar-refractivity contribution in [2.45, 2.75) is 57.8 Å². The highest BCUT2D eigenvalue weighted by molar-refractivity contribution is 7.18. The van der Waals surface area contributed by atoms with Gasteiger partial charge in [0.15, 0.2) is 0 Å². The standard InChI is InChI=1S/C30H29F3N6O2S/c1-16-5-6-21(37-28(40)18-10-19(30(31,32)33)12-22(11-18)39-9-3-4-17(39)2)13-24(16)38-29(41)23-14-42-26-25(23)34-15-35-27(26)36-20-7-8-20/h5-6,10-15,17,20H,3-4,7-9H2,1-2H3,(H,37,40)(H,38,41)(H,34,35,36)/t17-/m1/s1. The fraction of sp³-hybridized carbons (Fsp3) is 0.333. The van der Waals surface area contributed by atoms with Crippen LogP contribution in [0.2, 0.25) is 0 Å². The molecule has 1 aliphatic carbocycles. The first-order valence-electron chi connectivity index (χ1n) is 13.8. The maximum Gasteiger partial charge on any atom is 0.416 e. The van der Waals surface area contributed by atoms with Crippen molar-refractivity contribution in [3.05, 3.63) is 70.4 Å². The van der Waals surface area contributed by atoms with Crippen LogP contribution in [0.3, 0.4) is 0 Å². The second-order valence-electron chi connectivity index (χ2n) is 10.9. The number of rotatable bonds is 7. The van der Waals surface area contributed by atoms with Crippen molar-refractivity contribution in [3.8, 4) is 0 Å². The minimum absolute atomic E-state index is 0.0838. The van der Waals surface area contributed by atoms with Gasteiger partial charge in [-0.05, 0) is 75.4 Å². The van der Waals surface area contributed by atoms with Gasteiger partial charge < -0.3 is 20.9 Å². The summed E-state index contributed by atoms with van der Waals surface area (Å²) in [4.78, 5) is 37.0. The van der Waals surface area contributed by atoms with E-state index in [9.17, 15) is 22.8 Å². The summed E-state index contributed by atoms with van der Waals surface area (Å²) < 4.78 is 42.0. The van der Waals surface area contributed by atoms with Gasteiger partial charge in [-0.2, -0.15) is 13.2 Å². The van der Waals surface area contributed by atoms with E-state index in [4.69, 9.17) is 0 Å². The number of carbonyl (C=O) groups excluding carboxylic acids is 2. The third-order valence-electron chi connectivity index (χ3n) is 7.65. The molecule has 0 spiro atoms. The van der Waals surface area contributed by atoms with E-state index >= 15 is 0 Å². The Bertz CT molecular complexity index is 1680. The van der Waals surface area contributed by atoms with E-state index in [1.54, 1.807) is 23.6 Å². The first-order valence-corrected chi connectivity index (χ1v) is 14.7. The van der Waals surface area contributed by atoms with E-state index in [1.807, 2.05) is 18.7 Å². The molecule has 0 radical (unpaired) electrons. The molecule has 6 rings (SSSR count). The van der Waals surface area contributed by atoms with Gasteiger partial charge in [-0.3, -0.25) is 9.59 Å². The molecular formula is C30H29F3N6O2S. The highest BCUT2D eigenvalue weighted by Gasteiger charge is 2.33. The number of aryl methyl sites for hydroxylation is 1. The highest BCUT2D eigenvalue weighted by atomic mass is 32.1. The van der Waals surface area contributed by atoms with E-state index in [-0.39, 0.29) is 17.5 Å². The molecule has 12 heteroatoms. The van der Waals surface area contributed by atoms with Gasteiger partial charge in [0, 0.05) is 46.6 Å². The number of nitrogens with one attached hydrogen (secondary N) is 3. The van der Waals surface area contributed by atoms with E-state index < -0.39 is 17.6 Å². The largest absolute Gasteiger partial charge is 0.416 e. The number of nitrogens with zero attached hydrogens (tertiary/aromatic N) is 3. The van der Waals surface area contributed by atoms with Crippen LogP contribution < -0.4 is 20.9 Å². The summed E-state index contributed by atoms with van der Waals surface area (Å²) >= 11 is 1.39. The number of anilines is 4. The lowest BCUT2D eigenvalue weighted by atomic mass is 10.1. The molecule has 42 heavy (non-hydrogen) atoms. The molecule has 2 aromatic carbocycles. The molecule has 1 saturated carbocycles. The Morgan fingerprint density at radius 1 is 1.02 bits per heavy atom. The summed E-state index contributed by atoms with van der Waals surface area (Å²) in [7, 11) is 0. The van der Waals surface area contributed by atoms with E-state index in [0.717, 1.165) is 48.1 Å². The summed E-state index contributed by atoms with van der Waals surface area (Å²) in [6, 6.07) is 8.90. The Kier molecular flexibility index (Phi) is 7.25. The average molecular weight is 595 g/mol. The molecule has 218 valence electrons. The molecule has 1 saturated heterocycles. The Hall–Kier alpha value is -4.19. The zero-order valence-corrected chi connectivity index (χ0v) is 23.8. The quantitative estimate of drug-likeness (QED) is 0.211. The van der Waals surface area contributed by atoms with E-state index in [0.29, 0.717) is 46.5 Å². The lowest BCUT2D eigenvalue weighted by Crippen LogP contribution is -2.27. The van der Waals surface area contributed by atoms with Crippen molar-refractivity contribution in [3.63, 3.8) is 0 Å². The van der Waals surface area contributed by atoms with Gasteiger partial charge in [0.2, 0.25) is 0 Å². The number of hydrogen-bond donors (Lipinski definition) is 3. The number of halogens is 3. The summed E-state index contributed by atoms with van der Waals surface area (Å²) in [6.45, 7) is 4.41. The maximum absolute atomic E-state index is 13.7. The second kappa shape index (κ2) is 10.9. The smallest absolute Gasteiger partial charge is 0.369 e. The fourth-order valence-electron chi connectivity index (χ4n) is 5.15. The topological polar surface area (TPSA) is 99.2 Å². The molecule has 0 unspecified atom stereocenters. The van der Waals surface area contributed by atoms with Gasteiger partial charge in [0.05, 0.1) is 21.3 Å². The van der Waals surface area contributed by atoms with Crippen LogP contribution >= 0.6 is 11.3 Å². The zero-order valence-electron chi connectivity index (χ0n) is 23.0. The molecule has 2 fully saturated rings. The molecule has 3 heterocycles. The van der Waals surface area contributed by atoms with Gasteiger partial charge in [-0.25, -0.2) is 9.97 Å². The normalized spacial score (nSPS) is 17.0. The molecule has 2 aromatic heterocycles. The average Bonchev–Trinajstić information content (AvgIpc) is 3.48. The molecule has 2 aliphatic rings. The van der Waals surface area contributed by atoms with Gasteiger partial charge in [-0.1, -0.05) is 6.07 Å².